The van der Waals surface area contributed by atoms with Crippen LogP contribution in [0.1, 0.15) is 209 Å². The molecule has 0 aromatic heterocycles. The molecule has 144 heavy (non-hydrogen) atoms. The number of Topliss-reactive ketones (excluding diaryl/α,β-unsaturated/α-hetero) is 1. The number of hydrogen-bond donors (Lipinski definition) is 0. The van der Waals surface area contributed by atoms with E-state index < -0.39 is 97.8 Å². The van der Waals surface area contributed by atoms with E-state index in [4.69, 9.17) is 35.4 Å². The standard InChI is InChI=1S/C20H26I.C19H17S.C18H15S.C15H23S.C12H18O7S.C11H18O.C11H15S.C7H5F3O3S.2CH4O3S/c1-19(2,3)15-7-11-17(12-8-15)21-18-13-9-16(10-14-18)20(4,5)6;1-16-12-14-19(15-13-16)20(17-8-4-2-5-9-17)18-10-6-3-7-11-18;1-4-10-16(11-5-1)19(17-12-6-2-7-13-17)18-14-8-3-9-15-18;1-15(2,3)13-7-9-14(10-8-13)16-11-5-4-6-12-16;1-10(2)11(3)4-5-12(10,19-8(11)13)9(14)18-6-7-20(15,16)17;1-4-11-6-5-8(7-9(11)12)10(11,2)3;1-3-7-11(8-4-1)12-9-5-2-6-10-12;8-7(9,10)5-1-3-6(4-2-5)14(11,12)13;2*1-5(2,3)4/h7-14H,1-6H3;2-15H,1H3;1-15H;7-10H,4-6,11-12H2,1-3H3;4-7H2,1-3H3,(H,15,16,17);8H,4-7H2,1-3H3;1,3-4,7-8H,2,5-6,9-10H2;1-4H,(H,11,12,13);2*1H3,(H,2,3,4)/q4*+1;;;+1;;;/p-4. The Hall–Kier alpha value is -8.41. The Morgan fingerprint density at radius 3 is 1.03 bits per heavy atom. The van der Waals surface area contributed by atoms with Gasteiger partial charge in [-0.25, -0.2) is 38.5 Å². The van der Waals surface area contributed by atoms with Crippen molar-refractivity contribution in [1.82, 2.24) is 0 Å². The van der Waals surface area contributed by atoms with E-state index >= 15 is 0 Å². The van der Waals surface area contributed by atoms with Crippen LogP contribution in [0.4, 0.5) is 13.2 Å². The van der Waals surface area contributed by atoms with E-state index in [-0.39, 0.29) is 64.7 Å². The Kier molecular flexibility index (Phi) is 44.6. The first-order chi connectivity index (χ1) is 67.2. The maximum absolute atomic E-state index is 12.2. The maximum atomic E-state index is 12.2. The molecule has 0 radical (unpaired) electrons. The van der Waals surface area contributed by atoms with Gasteiger partial charge in [0, 0.05) is 51.6 Å². The summed E-state index contributed by atoms with van der Waals surface area (Å²) in [6.45, 7) is 34.1. The van der Waals surface area contributed by atoms with Crippen molar-refractivity contribution >= 4 is 102 Å². The first-order valence-electron chi connectivity index (χ1n) is 48.2. The zero-order valence-corrected chi connectivity index (χ0v) is 94.6. The van der Waals surface area contributed by atoms with E-state index in [0.29, 0.717) is 88.5 Å². The number of alkyl halides is 3. The van der Waals surface area contributed by atoms with Crippen molar-refractivity contribution in [2.45, 2.75) is 260 Å². The second-order valence-corrected chi connectivity index (χ2v) is 57.9. The molecule has 6 aliphatic rings. The summed E-state index contributed by atoms with van der Waals surface area (Å²) in [6, 6.07) is 104. The fourth-order valence-corrected chi connectivity index (χ4v) is 29.5. The van der Waals surface area contributed by atoms with Gasteiger partial charge in [0.2, 0.25) is 5.60 Å². The number of halogens is 4. The number of ether oxygens (including phenoxy) is 2. The normalized spacial score (nSPS) is 19.0. The molecule has 3 saturated carbocycles. The summed E-state index contributed by atoms with van der Waals surface area (Å²) in [4.78, 5) is 46.6. The number of hydrogen-bond acceptors (Lipinski definition) is 17. The molecule has 11 aromatic carbocycles. The van der Waals surface area contributed by atoms with Gasteiger partial charge < -0.3 is 27.7 Å². The minimum atomic E-state index is -4.68. The van der Waals surface area contributed by atoms with Gasteiger partial charge in [-0.2, -0.15) is 13.2 Å². The second-order valence-electron chi connectivity index (χ2n) is 40.6. The molecule has 778 valence electrons. The van der Waals surface area contributed by atoms with E-state index in [9.17, 15) is 53.5 Å². The largest absolute Gasteiger partial charge is 0.748 e. The molecule has 3 aliphatic heterocycles. The fourth-order valence-electron chi connectivity index (χ4n) is 17.8. The van der Waals surface area contributed by atoms with E-state index in [1.165, 1.54) is 127 Å². The predicted octanol–water partition coefficient (Wildman–Crippen LogP) is 22.2. The number of carbonyl (C=O) groups excluding carboxylic acids is 3. The molecular weight excluding hydrogens is 2090 g/mol. The maximum Gasteiger partial charge on any atom is 0.416 e. The quantitative estimate of drug-likeness (QED) is 0.0376. The minimum absolute atomic E-state index is 0.0146. The lowest BCUT2D eigenvalue weighted by Crippen LogP contribution is -3.61. The molecule has 17 rings (SSSR count). The van der Waals surface area contributed by atoms with Crippen molar-refractivity contribution in [1.29, 1.82) is 0 Å². The van der Waals surface area contributed by atoms with Gasteiger partial charge in [-0.05, 0) is 274 Å². The molecule has 0 spiro atoms. The number of benzene rings is 11. The van der Waals surface area contributed by atoms with E-state index in [1.54, 1.807) is 30.6 Å². The molecular formula is C115H141F3IO17S8+. The molecule has 0 amide bonds. The van der Waals surface area contributed by atoms with Gasteiger partial charge in [0.1, 0.15) is 45.5 Å². The third-order valence-corrected chi connectivity index (χ3v) is 40.3. The summed E-state index contributed by atoms with van der Waals surface area (Å²) in [7, 11) is -15.9. The van der Waals surface area contributed by atoms with Crippen molar-refractivity contribution in [2.24, 2.45) is 27.6 Å². The molecule has 17 nitrogen and oxygen atoms in total. The highest BCUT2D eigenvalue weighted by Gasteiger charge is 2.76. The molecule has 3 aliphatic carbocycles. The highest BCUT2D eigenvalue weighted by molar-refractivity contribution is 7.98. The van der Waals surface area contributed by atoms with Crippen LogP contribution in [0, 0.1) is 41.6 Å². The second kappa shape index (κ2) is 53.1. The van der Waals surface area contributed by atoms with E-state index in [1.807, 2.05) is 0 Å². The van der Waals surface area contributed by atoms with Crippen LogP contribution in [-0.4, -0.2) is 123 Å². The van der Waals surface area contributed by atoms with Gasteiger partial charge in [-0.3, -0.25) is 9.59 Å². The first kappa shape index (κ1) is 121. The number of aryl methyl sites for hydroxylation is 1. The molecule has 6 fully saturated rings. The Morgan fingerprint density at radius 1 is 0.438 bits per heavy atom. The van der Waals surface area contributed by atoms with Crippen LogP contribution in [0.3, 0.4) is 0 Å². The Balaban J connectivity index is 0.000000199. The third kappa shape index (κ3) is 36.2. The number of rotatable bonds is 16. The van der Waals surface area contributed by atoms with Crippen LogP contribution in [0.25, 0.3) is 0 Å². The Bertz CT molecular complexity index is 6100. The molecule has 3 heterocycles. The van der Waals surface area contributed by atoms with Crippen molar-refractivity contribution < 1.29 is 110 Å². The lowest BCUT2D eigenvalue weighted by atomic mass is 9.66. The third-order valence-electron chi connectivity index (χ3n) is 26.7. The molecule has 11 aromatic rings. The first-order valence-corrected chi connectivity index (χ1v) is 62.6. The highest BCUT2D eigenvalue weighted by atomic mass is 127. The topological polar surface area (TPSA) is 298 Å². The SMILES string of the molecule is CC(C)(C)c1ccc([I+]c2ccc(C(C)(C)C)cc2)cc1.CC(C)(C)c1ccc([S+]2CCCCC2)cc1.CC12CCC(C(=O)OCCS(=O)(=O)[O-])(OC1=O)C2(C)C.CCC12CCC(CC1=O)C2(C)C.CS(=O)(=O)[O-].CS(=O)(=O)[O-].Cc1ccc([S+](c2ccccc2)c2ccccc2)cc1.O=S(=O)([O-])c1ccc(C(F)(F)F)cc1.c1ccc([S+](c2ccccc2)c2ccccc2)cc1.c1ccc([S+]2CCCCC2)cc1. The van der Waals surface area contributed by atoms with Gasteiger partial charge in [-0.1, -0.05) is 260 Å². The van der Waals surface area contributed by atoms with Crippen molar-refractivity contribution in [2.75, 3.05) is 47.9 Å². The summed E-state index contributed by atoms with van der Waals surface area (Å²) in [5, 5.41) is 0. The van der Waals surface area contributed by atoms with Crippen molar-refractivity contribution in [3.05, 3.63) is 338 Å². The van der Waals surface area contributed by atoms with Gasteiger partial charge in [-0.15, -0.1) is 0 Å². The number of carbonyl (C=O) groups is 3. The summed E-state index contributed by atoms with van der Waals surface area (Å²) >= 11 is -0.0703. The summed E-state index contributed by atoms with van der Waals surface area (Å²) in [5.41, 5.74) is 2.84. The predicted molar refractivity (Wildman–Crippen MR) is 570 cm³/mol. The van der Waals surface area contributed by atoms with Crippen LogP contribution in [-0.2, 0) is 130 Å². The molecule has 3 saturated heterocycles. The zero-order valence-electron chi connectivity index (χ0n) is 85.9. The number of ketones is 1. The average Bonchev–Trinajstić information content (AvgIpc) is 1.52. The van der Waals surface area contributed by atoms with Crippen LogP contribution in [0.5, 0.6) is 0 Å². The Morgan fingerprint density at radius 2 is 0.757 bits per heavy atom. The molecule has 4 bridgehead atoms. The summed E-state index contributed by atoms with van der Waals surface area (Å²) in [5.74, 6) is 4.94. The minimum Gasteiger partial charge on any atom is -0.748 e. The smallest absolute Gasteiger partial charge is 0.416 e. The van der Waals surface area contributed by atoms with Gasteiger partial charge >= 0.3 is 39.3 Å². The zero-order chi connectivity index (χ0) is 107. The van der Waals surface area contributed by atoms with Crippen molar-refractivity contribution in [3.63, 3.8) is 0 Å². The van der Waals surface area contributed by atoms with Crippen molar-refractivity contribution in [3.8, 4) is 0 Å². The monoisotopic (exact) mass is 2230 g/mol. The van der Waals surface area contributed by atoms with Crippen LogP contribution in [0.2, 0.25) is 0 Å². The summed E-state index contributed by atoms with van der Waals surface area (Å²) < 4.78 is 166. The van der Waals surface area contributed by atoms with Gasteiger partial charge in [0.05, 0.1) is 73.8 Å². The highest BCUT2D eigenvalue weighted by Crippen LogP contribution is 2.67. The number of esters is 2. The molecule has 0 N–H and O–H groups in total. The van der Waals surface area contributed by atoms with Gasteiger partial charge in [0.25, 0.3) is 0 Å². The Labute approximate surface area is 877 Å². The summed E-state index contributed by atoms with van der Waals surface area (Å²) in [6.07, 6.45) is 10.5. The van der Waals surface area contributed by atoms with Crippen LogP contribution in [0.15, 0.2) is 347 Å². The van der Waals surface area contributed by atoms with Gasteiger partial charge in [0.15, 0.2) is 46.3 Å². The lowest BCUT2D eigenvalue weighted by molar-refractivity contribution is -0.597. The average molecular weight is 2240 g/mol. The van der Waals surface area contributed by atoms with E-state index in [0.717, 1.165) is 19.3 Å². The molecule has 29 heteroatoms. The van der Waals surface area contributed by atoms with E-state index in [2.05, 4.69) is 369 Å². The fraction of sp³-hybridized carbons (Fsp3) is 0.400. The number of fused-ring (bicyclic) bond motifs is 4. The lowest BCUT2D eigenvalue weighted by Gasteiger charge is -2.35. The molecule has 4 atom stereocenters. The molecule has 4 unspecified atom stereocenters. The van der Waals surface area contributed by atoms with Crippen LogP contribution >= 0.6 is 0 Å². The van der Waals surface area contributed by atoms with Crippen LogP contribution < -0.4 is 21.2 Å².